The molecule has 2 aromatic heterocycles. The molecule has 3 rings (SSSR count). The lowest BCUT2D eigenvalue weighted by Crippen LogP contribution is -2.19. The largest absolute Gasteiger partial charge is 0.453 e. The van der Waals surface area contributed by atoms with Crippen molar-refractivity contribution in [2.75, 3.05) is 7.05 Å². The molecule has 0 amide bonds. The molecule has 1 aromatic carbocycles. The molecular formula is C16H18ClN3O. The van der Waals surface area contributed by atoms with Gasteiger partial charge >= 0.3 is 0 Å². The second-order valence-corrected chi connectivity index (χ2v) is 5.32. The number of hydrogen-bond donors (Lipinski definition) is 1. The van der Waals surface area contributed by atoms with Crippen LogP contribution in [-0.2, 0) is 13.0 Å². The van der Waals surface area contributed by atoms with Crippen LogP contribution >= 0.6 is 11.6 Å². The van der Waals surface area contributed by atoms with Crippen LogP contribution in [0.25, 0.3) is 10.9 Å². The van der Waals surface area contributed by atoms with Gasteiger partial charge in [-0.15, -0.1) is 0 Å². The maximum atomic E-state index is 6.10. The Morgan fingerprint density at radius 3 is 2.81 bits per heavy atom. The monoisotopic (exact) mass is 303 g/mol. The molecule has 0 saturated carbocycles. The van der Waals surface area contributed by atoms with E-state index in [1.807, 2.05) is 29.9 Å². The number of rotatable bonds is 5. The lowest BCUT2D eigenvalue weighted by molar-refractivity contribution is 0.539. The topological polar surface area (TPSA) is 43.0 Å². The van der Waals surface area contributed by atoms with Gasteiger partial charge in [0.15, 0.2) is 5.22 Å². The molecule has 0 aliphatic carbocycles. The van der Waals surface area contributed by atoms with Gasteiger partial charge in [0.25, 0.3) is 0 Å². The highest BCUT2D eigenvalue weighted by Gasteiger charge is 2.19. The number of hydrogen-bond acceptors (Lipinski definition) is 3. The predicted molar refractivity (Wildman–Crippen MR) is 84.6 cm³/mol. The van der Waals surface area contributed by atoms with E-state index in [2.05, 4.69) is 24.4 Å². The van der Waals surface area contributed by atoms with Crippen LogP contribution in [0.4, 0.5) is 0 Å². The molecule has 0 spiro atoms. The van der Waals surface area contributed by atoms with Gasteiger partial charge in [0, 0.05) is 30.0 Å². The Kier molecular flexibility index (Phi) is 3.99. The van der Waals surface area contributed by atoms with Crippen molar-refractivity contribution >= 4 is 22.5 Å². The summed E-state index contributed by atoms with van der Waals surface area (Å²) in [5.74, 6) is 0. The van der Waals surface area contributed by atoms with E-state index in [-0.39, 0.29) is 6.04 Å². The second kappa shape index (κ2) is 5.92. The van der Waals surface area contributed by atoms with Crippen molar-refractivity contribution in [2.45, 2.75) is 25.9 Å². The number of nitrogens with zero attached hydrogens (tertiary/aromatic N) is 2. The summed E-state index contributed by atoms with van der Waals surface area (Å²) in [5, 5.41) is 9.66. The van der Waals surface area contributed by atoms with Crippen LogP contribution in [-0.4, -0.2) is 16.8 Å². The minimum absolute atomic E-state index is 0.0832. The maximum absolute atomic E-state index is 6.10. The van der Waals surface area contributed by atoms with Crippen molar-refractivity contribution in [2.24, 2.45) is 0 Å². The first-order valence-electron chi connectivity index (χ1n) is 7.09. The SMILES string of the molecule is CCn1nc(CC(NC)c2ccoc2Cl)c2ccccc21. The zero-order valence-electron chi connectivity index (χ0n) is 12.1. The Balaban J connectivity index is 1.99. The van der Waals surface area contributed by atoms with E-state index in [1.165, 1.54) is 10.9 Å². The second-order valence-electron chi connectivity index (χ2n) is 4.97. The van der Waals surface area contributed by atoms with Crippen molar-refractivity contribution in [3.05, 3.63) is 53.1 Å². The number of nitrogens with one attached hydrogen (secondary N) is 1. The molecule has 4 nitrogen and oxygen atoms in total. The number of aromatic nitrogens is 2. The first kappa shape index (κ1) is 14.2. The van der Waals surface area contributed by atoms with E-state index in [0.29, 0.717) is 5.22 Å². The number of para-hydroxylation sites is 1. The van der Waals surface area contributed by atoms with Crippen molar-refractivity contribution < 1.29 is 4.42 Å². The lowest BCUT2D eigenvalue weighted by atomic mass is 10.0. The van der Waals surface area contributed by atoms with E-state index < -0.39 is 0 Å². The molecule has 0 radical (unpaired) electrons. The van der Waals surface area contributed by atoms with Gasteiger partial charge in [-0.05, 0) is 37.7 Å². The molecule has 0 fully saturated rings. The van der Waals surface area contributed by atoms with E-state index >= 15 is 0 Å². The first-order valence-corrected chi connectivity index (χ1v) is 7.47. The zero-order valence-corrected chi connectivity index (χ0v) is 12.9. The Morgan fingerprint density at radius 1 is 1.33 bits per heavy atom. The van der Waals surface area contributed by atoms with Gasteiger partial charge in [-0.3, -0.25) is 4.68 Å². The standard InChI is InChI=1S/C16H18ClN3O/c1-3-20-15-7-5-4-6-11(15)14(19-20)10-13(18-2)12-8-9-21-16(12)17/h4-9,13,18H,3,10H2,1-2H3. The van der Waals surface area contributed by atoms with Crippen LogP contribution < -0.4 is 5.32 Å². The molecule has 1 atom stereocenters. The Morgan fingerprint density at radius 2 is 2.14 bits per heavy atom. The van der Waals surface area contributed by atoms with E-state index in [9.17, 15) is 0 Å². The van der Waals surface area contributed by atoms with Crippen LogP contribution in [0.1, 0.15) is 24.2 Å². The van der Waals surface area contributed by atoms with Gasteiger partial charge in [0.05, 0.1) is 17.5 Å². The Hall–Kier alpha value is -1.78. The van der Waals surface area contributed by atoms with Crippen LogP contribution in [0, 0.1) is 0 Å². The predicted octanol–water partition coefficient (Wildman–Crippen LogP) is 3.81. The van der Waals surface area contributed by atoms with Crippen molar-refractivity contribution in [3.8, 4) is 0 Å². The highest BCUT2D eigenvalue weighted by atomic mass is 35.5. The lowest BCUT2D eigenvalue weighted by Gasteiger charge is -2.13. The molecule has 110 valence electrons. The third-order valence-electron chi connectivity index (χ3n) is 3.80. The summed E-state index contributed by atoms with van der Waals surface area (Å²) in [6, 6.07) is 10.3. The van der Waals surface area contributed by atoms with Gasteiger partial charge in [0.2, 0.25) is 0 Å². The fraction of sp³-hybridized carbons (Fsp3) is 0.312. The van der Waals surface area contributed by atoms with Gasteiger partial charge in [0.1, 0.15) is 0 Å². The van der Waals surface area contributed by atoms with E-state index in [4.69, 9.17) is 21.1 Å². The van der Waals surface area contributed by atoms with Crippen LogP contribution in [0.3, 0.4) is 0 Å². The van der Waals surface area contributed by atoms with Gasteiger partial charge in [-0.1, -0.05) is 18.2 Å². The molecule has 1 unspecified atom stereocenters. The molecule has 1 N–H and O–H groups in total. The van der Waals surface area contributed by atoms with Crippen molar-refractivity contribution in [3.63, 3.8) is 0 Å². The summed E-state index contributed by atoms with van der Waals surface area (Å²) < 4.78 is 7.23. The Labute approximate surface area is 128 Å². The Bertz CT molecular complexity index is 747. The highest BCUT2D eigenvalue weighted by Crippen LogP contribution is 2.28. The zero-order chi connectivity index (χ0) is 14.8. The van der Waals surface area contributed by atoms with Gasteiger partial charge < -0.3 is 9.73 Å². The summed E-state index contributed by atoms with van der Waals surface area (Å²) in [6.07, 6.45) is 2.38. The average molecular weight is 304 g/mol. The van der Waals surface area contributed by atoms with E-state index in [1.54, 1.807) is 6.26 Å². The molecule has 5 heteroatoms. The minimum atomic E-state index is 0.0832. The molecule has 0 aliphatic heterocycles. The molecule has 2 heterocycles. The first-order chi connectivity index (χ1) is 10.2. The van der Waals surface area contributed by atoms with Gasteiger partial charge in [-0.2, -0.15) is 5.10 Å². The summed E-state index contributed by atoms with van der Waals surface area (Å²) >= 11 is 6.10. The van der Waals surface area contributed by atoms with Crippen LogP contribution in [0.5, 0.6) is 0 Å². The summed E-state index contributed by atoms with van der Waals surface area (Å²) in [7, 11) is 1.92. The molecule has 0 saturated heterocycles. The number of aryl methyl sites for hydroxylation is 1. The average Bonchev–Trinajstić information content (AvgIpc) is 3.09. The fourth-order valence-electron chi connectivity index (χ4n) is 2.70. The van der Waals surface area contributed by atoms with Crippen molar-refractivity contribution in [1.82, 2.24) is 15.1 Å². The number of fused-ring (bicyclic) bond motifs is 1. The third kappa shape index (κ3) is 2.57. The molecule has 21 heavy (non-hydrogen) atoms. The summed E-state index contributed by atoms with van der Waals surface area (Å²) in [6.45, 7) is 2.96. The quantitative estimate of drug-likeness (QED) is 0.779. The molecule has 3 aromatic rings. The highest BCUT2D eigenvalue weighted by molar-refractivity contribution is 6.29. The molecule has 0 aliphatic rings. The van der Waals surface area contributed by atoms with Crippen LogP contribution in [0.15, 0.2) is 41.0 Å². The van der Waals surface area contributed by atoms with Crippen molar-refractivity contribution in [1.29, 1.82) is 0 Å². The number of furan rings is 1. The smallest absolute Gasteiger partial charge is 0.197 e. The summed E-state index contributed by atoms with van der Waals surface area (Å²) in [5.41, 5.74) is 3.21. The molecule has 0 bridgehead atoms. The maximum Gasteiger partial charge on any atom is 0.197 e. The number of halogens is 1. The minimum Gasteiger partial charge on any atom is -0.453 e. The molecular weight excluding hydrogens is 286 g/mol. The fourth-order valence-corrected chi connectivity index (χ4v) is 2.95. The van der Waals surface area contributed by atoms with Gasteiger partial charge in [-0.25, -0.2) is 0 Å². The van der Waals surface area contributed by atoms with E-state index in [0.717, 1.165) is 24.2 Å². The number of benzene rings is 1. The third-order valence-corrected chi connectivity index (χ3v) is 4.11. The number of likely N-dealkylation sites (N-methyl/N-ethyl adjacent to an activating group) is 1. The normalized spacial score (nSPS) is 12.9. The van der Waals surface area contributed by atoms with Crippen LogP contribution in [0.2, 0.25) is 5.22 Å². The summed E-state index contributed by atoms with van der Waals surface area (Å²) in [4.78, 5) is 0.